The van der Waals surface area contributed by atoms with Crippen molar-refractivity contribution in [3.8, 4) is 6.07 Å². The largest absolute Gasteiger partial charge is 0.390 e. The number of rotatable bonds is 4. The minimum absolute atomic E-state index is 0.243. The first-order valence-electron chi connectivity index (χ1n) is 5.61. The summed E-state index contributed by atoms with van der Waals surface area (Å²) in [6.45, 7) is 0.243. The van der Waals surface area contributed by atoms with Gasteiger partial charge in [0.25, 0.3) is 0 Å². The van der Waals surface area contributed by atoms with Crippen molar-refractivity contribution in [2.24, 2.45) is 5.16 Å². The molecule has 0 saturated heterocycles. The quantitative estimate of drug-likeness (QED) is 0.620. The summed E-state index contributed by atoms with van der Waals surface area (Å²) in [4.78, 5) is 5.02. The van der Waals surface area contributed by atoms with Crippen molar-refractivity contribution in [2.75, 3.05) is 0 Å². The summed E-state index contributed by atoms with van der Waals surface area (Å²) in [5.41, 5.74) is 1.71. The van der Waals surface area contributed by atoms with E-state index in [-0.39, 0.29) is 12.2 Å². The summed E-state index contributed by atoms with van der Waals surface area (Å²) in [6, 6.07) is 15.2. The van der Waals surface area contributed by atoms with E-state index in [1.807, 2.05) is 6.07 Å². The molecule has 93 valence electrons. The average Bonchev–Trinajstić information content (AvgIpc) is 2.46. The number of hydrogen-bond acceptors (Lipinski definition) is 3. The lowest BCUT2D eigenvalue weighted by Gasteiger charge is -1.99. The third-order valence-electron chi connectivity index (χ3n) is 2.42. The van der Waals surface area contributed by atoms with E-state index in [4.69, 9.17) is 10.1 Å². The van der Waals surface area contributed by atoms with Gasteiger partial charge in [0.1, 0.15) is 18.6 Å². The van der Waals surface area contributed by atoms with Gasteiger partial charge in [-0.25, -0.2) is 4.39 Å². The van der Waals surface area contributed by atoms with E-state index >= 15 is 0 Å². The molecule has 0 aromatic heterocycles. The monoisotopic (exact) mass is 253 g/mol. The molecular weight excluding hydrogens is 243 g/mol. The molecule has 2 aromatic carbocycles. The topological polar surface area (TPSA) is 45.4 Å². The molecule has 0 N–H and O–H groups in total. The third kappa shape index (κ3) is 3.65. The van der Waals surface area contributed by atoms with Crippen LogP contribution in [0.25, 0.3) is 0 Å². The van der Waals surface area contributed by atoms with Gasteiger partial charge >= 0.3 is 0 Å². The normalized spacial score (nSPS) is 10.3. The fourth-order valence-electron chi connectivity index (χ4n) is 1.42. The second-order valence-corrected chi connectivity index (χ2v) is 3.77. The van der Waals surface area contributed by atoms with Gasteiger partial charge in [-0.2, -0.15) is 5.26 Å². The molecule has 3 nitrogen and oxygen atoms in total. The minimum atomic E-state index is -0.395. The lowest BCUT2D eigenvalue weighted by atomic mass is 10.2. The van der Waals surface area contributed by atoms with Crippen LogP contribution in [-0.4, -0.2) is 6.21 Å². The molecule has 2 aromatic rings. The van der Waals surface area contributed by atoms with Gasteiger partial charge in [0, 0.05) is 5.56 Å². The molecule has 0 heterocycles. The highest BCUT2D eigenvalue weighted by Gasteiger charge is 1.97. The Labute approximate surface area is 110 Å². The Bertz CT molecular complexity index is 615. The number of hydrogen-bond donors (Lipinski definition) is 0. The second-order valence-electron chi connectivity index (χ2n) is 3.77. The Morgan fingerprint density at radius 3 is 2.53 bits per heavy atom. The van der Waals surface area contributed by atoms with Gasteiger partial charge in [0.05, 0.1) is 11.6 Å². The molecule has 0 fully saturated rings. The van der Waals surface area contributed by atoms with Crippen molar-refractivity contribution < 1.29 is 9.23 Å². The Balaban J connectivity index is 1.90. The maximum Gasteiger partial charge on any atom is 0.142 e. The molecular formula is C15H10FN2O. The zero-order chi connectivity index (χ0) is 13.5. The first-order valence-corrected chi connectivity index (χ1v) is 5.61. The van der Waals surface area contributed by atoms with E-state index in [1.165, 1.54) is 6.07 Å². The van der Waals surface area contributed by atoms with Crippen LogP contribution in [0.2, 0.25) is 0 Å². The van der Waals surface area contributed by atoms with Crippen molar-refractivity contribution in [3.05, 3.63) is 71.0 Å². The zero-order valence-corrected chi connectivity index (χ0v) is 10.0. The molecule has 4 heteroatoms. The Kier molecular flexibility index (Phi) is 4.25. The van der Waals surface area contributed by atoms with E-state index in [9.17, 15) is 4.39 Å². The maximum absolute atomic E-state index is 13.2. The van der Waals surface area contributed by atoms with Crippen molar-refractivity contribution in [3.63, 3.8) is 0 Å². The summed E-state index contributed by atoms with van der Waals surface area (Å²) in [7, 11) is 0. The number of nitrogens with zero attached hydrogens (tertiary/aromatic N) is 2. The molecule has 2 rings (SSSR count). The summed E-state index contributed by atoms with van der Waals surface area (Å²) in [6.07, 6.45) is 2.48. The van der Waals surface area contributed by atoms with Crippen LogP contribution in [0.1, 0.15) is 16.7 Å². The zero-order valence-electron chi connectivity index (χ0n) is 10.0. The van der Waals surface area contributed by atoms with E-state index in [0.717, 1.165) is 5.56 Å². The van der Waals surface area contributed by atoms with Crippen LogP contribution >= 0.6 is 0 Å². The van der Waals surface area contributed by atoms with Gasteiger partial charge < -0.3 is 4.84 Å². The van der Waals surface area contributed by atoms with Gasteiger partial charge in [0.2, 0.25) is 0 Å². The predicted octanol–water partition coefficient (Wildman–Crippen LogP) is 3.13. The second kappa shape index (κ2) is 6.31. The standard InChI is InChI=1S/C15H10FN2O/c16-15-4-2-1-3-14(15)10-18-19-11-13-7-5-12(9-17)6-8-13/h1-8H,11H2. The number of benzene rings is 2. The van der Waals surface area contributed by atoms with Crippen LogP contribution in [0.15, 0.2) is 53.7 Å². The molecule has 1 radical (unpaired) electrons. The number of nitriles is 1. The van der Waals surface area contributed by atoms with E-state index in [2.05, 4.69) is 11.4 Å². The maximum atomic E-state index is 13.2. The van der Waals surface area contributed by atoms with Crippen LogP contribution in [-0.2, 0) is 11.4 Å². The lowest BCUT2D eigenvalue weighted by Crippen LogP contribution is -1.90. The van der Waals surface area contributed by atoms with Crippen molar-refractivity contribution in [1.29, 1.82) is 5.26 Å². The van der Waals surface area contributed by atoms with Crippen molar-refractivity contribution >= 4 is 6.21 Å². The summed E-state index contributed by atoms with van der Waals surface area (Å²) < 4.78 is 13.2. The van der Waals surface area contributed by atoms with Gasteiger partial charge in [-0.05, 0) is 29.8 Å². The van der Waals surface area contributed by atoms with Crippen LogP contribution in [0.4, 0.5) is 4.39 Å². The SMILES string of the molecule is N#Cc1ccc(CO/N=[C]\c2ccccc2F)cc1. The molecule has 0 saturated carbocycles. The van der Waals surface area contributed by atoms with Gasteiger partial charge in [-0.3, -0.25) is 0 Å². The summed E-state index contributed by atoms with van der Waals surface area (Å²) >= 11 is 0. The predicted molar refractivity (Wildman–Crippen MR) is 68.9 cm³/mol. The average molecular weight is 253 g/mol. The molecule has 0 bridgehead atoms. The van der Waals surface area contributed by atoms with Crippen LogP contribution in [0.5, 0.6) is 0 Å². The van der Waals surface area contributed by atoms with Gasteiger partial charge in [-0.15, -0.1) is 0 Å². The molecule has 0 atom stereocenters. The summed E-state index contributed by atoms with van der Waals surface area (Å²) in [5, 5.41) is 12.2. The molecule has 0 aliphatic heterocycles. The van der Waals surface area contributed by atoms with Crippen molar-refractivity contribution in [2.45, 2.75) is 6.61 Å². The Hall–Kier alpha value is -2.67. The Morgan fingerprint density at radius 2 is 1.84 bits per heavy atom. The van der Waals surface area contributed by atoms with Crippen molar-refractivity contribution in [1.82, 2.24) is 0 Å². The van der Waals surface area contributed by atoms with Crippen LogP contribution < -0.4 is 0 Å². The number of halogens is 1. The first kappa shape index (κ1) is 12.8. The highest BCUT2D eigenvalue weighted by molar-refractivity contribution is 5.79. The van der Waals surface area contributed by atoms with E-state index < -0.39 is 5.82 Å². The van der Waals surface area contributed by atoms with E-state index in [0.29, 0.717) is 5.56 Å². The molecule has 0 unspecified atom stereocenters. The summed E-state index contributed by atoms with van der Waals surface area (Å²) in [5.74, 6) is -0.395. The van der Waals surface area contributed by atoms with E-state index in [1.54, 1.807) is 42.5 Å². The Morgan fingerprint density at radius 1 is 1.11 bits per heavy atom. The smallest absolute Gasteiger partial charge is 0.142 e. The molecule has 0 spiro atoms. The third-order valence-corrected chi connectivity index (χ3v) is 2.42. The molecule has 0 aliphatic carbocycles. The highest BCUT2D eigenvalue weighted by Crippen LogP contribution is 2.06. The minimum Gasteiger partial charge on any atom is -0.390 e. The first-order chi connectivity index (χ1) is 9.29. The fourth-order valence-corrected chi connectivity index (χ4v) is 1.42. The van der Waals surface area contributed by atoms with Gasteiger partial charge in [-0.1, -0.05) is 29.4 Å². The molecule has 19 heavy (non-hydrogen) atoms. The lowest BCUT2D eigenvalue weighted by molar-refractivity contribution is 0.132. The molecule has 0 amide bonds. The fraction of sp³-hybridized carbons (Fsp3) is 0.0667. The molecule has 0 aliphatic rings. The van der Waals surface area contributed by atoms with Gasteiger partial charge in [0.15, 0.2) is 0 Å². The van der Waals surface area contributed by atoms with Crippen LogP contribution in [0.3, 0.4) is 0 Å². The van der Waals surface area contributed by atoms with Crippen LogP contribution in [0, 0.1) is 17.1 Å². The highest BCUT2D eigenvalue weighted by atomic mass is 19.1.